The molecule has 0 N–H and O–H groups in total. The lowest BCUT2D eigenvalue weighted by molar-refractivity contribution is -0.153. The second-order valence-corrected chi connectivity index (χ2v) is 11.3. The molecule has 1 fully saturated rings. The molecule has 7 nitrogen and oxygen atoms in total. The molecular formula is C28H27NO6S. The van der Waals surface area contributed by atoms with E-state index in [2.05, 4.69) is 0 Å². The fraction of sp³-hybridized carbons (Fsp3) is 0.286. The summed E-state index contributed by atoms with van der Waals surface area (Å²) in [7, 11) is -3.24. The van der Waals surface area contributed by atoms with Crippen LogP contribution in [0.25, 0.3) is 11.1 Å². The molecule has 0 saturated carbocycles. The molecular weight excluding hydrogens is 478 g/mol. The van der Waals surface area contributed by atoms with E-state index in [0.717, 1.165) is 22.4 Å². The van der Waals surface area contributed by atoms with Crippen molar-refractivity contribution in [3.05, 3.63) is 83.9 Å². The van der Waals surface area contributed by atoms with E-state index in [4.69, 9.17) is 9.47 Å². The number of hydrogen-bond acceptors (Lipinski definition) is 6. The van der Waals surface area contributed by atoms with Crippen LogP contribution in [0.2, 0.25) is 0 Å². The smallest absolute Gasteiger partial charge is 0.294 e. The van der Waals surface area contributed by atoms with Crippen molar-refractivity contribution in [2.24, 2.45) is 5.92 Å². The van der Waals surface area contributed by atoms with Crippen LogP contribution in [0.1, 0.15) is 28.8 Å². The van der Waals surface area contributed by atoms with Crippen LogP contribution in [-0.2, 0) is 26.0 Å². The maximum atomic E-state index is 12.6. The molecule has 1 atom stereocenters. The van der Waals surface area contributed by atoms with Crippen molar-refractivity contribution in [2.45, 2.75) is 30.6 Å². The minimum Gasteiger partial charge on any atom is -0.464 e. The zero-order valence-electron chi connectivity index (χ0n) is 19.9. The fourth-order valence-corrected chi connectivity index (χ4v) is 5.31. The Labute approximate surface area is 210 Å². The van der Waals surface area contributed by atoms with Gasteiger partial charge >= 0.3 is 0 Å². The van der Waals surface area contributed by atoms with Crippen molar-refractivity contribution in [2.75, 3.05) is 19.3 Å². The summed E-state index contributed by atoms with van der Waals surface area (Å²) in [6, 6.07) is 21.3. The quantitative estimate of drug-likeness (QED) is 0.383. The molecule has 1 unspecified atom stereocenters. The topological polar surface area (TPSA) is 90.0 Å². The molecule has 36 heavy (non-hydrogen) atoms. The number of carbonyl (C=O) groups is 2. The van der Waals surface area contributed by atoms with Gasteiger partial charge in [0.2, 0.25) is 12.1 Å². The molecule has 0 bridgehead atoms. The number of benzene rings is 3. The predicted octanol–water partition coefficient (Wildman–Crippen LogP) is 4.11. The Balaban J connectivity index is 1.20. The number of sulfone groups is 1. The monoisotopic (exact) mass is 505 g/mol. The number of Topliss-reactive ketones (excluding diaryl/α,β-unsaturated/α-hetero) is 1. The van der Waals surface area contributed by atoms with Gasteiger partial charge in [-0.15, -0.1) is 0 Å². The molecule has 1 saturated heterocycles. The van der Waals surface area contributed by atoms with Crippen molar-refractivity contribution >= 4 is 21.5 Å². The lowest BCUT2D eigenvalue weighted by Crippen LogP contribution is -2.46. The number of nitrogens with zero attached hydrogens (tertiary/aromatic N) is 1. The van der Waals surface area contributed by atoms with Crippen molar-refractivity contribution in [1.82, 2.24) is 4.90 Å². The highest BCUT2D eigenvalue weighted by Gasteiger charge is 2.34. The third kappa shape index (κ3) is 5.05. The molecule has 0 spiro atoms. The van der Waals surface area contributed by atoms with E-state index in [-0.39, 0.29) is 10.8 Å². The molecule has 8 heteroatoms. The summed E-state index contributed by atoms with van der Waals surface area (Å²) in [5.74, 6) is -0.0553. The van der Waals surface area contributed by atoms with E-state index in [1.165, 1.54) is 6.26 Å². The van der Waals surface area contributed by atoms with Gasteiger partial charge in [0.25, 0.3) is 5.91 Å². The van der Waals surface area contributed by atoms with Crippen LogP contribution in [0.4, 0.5) is 0 Å². The second kappa shape index (κ2) is 9.87. The lowest BCUT2D eigenvalue weighted by Gasteiger charge is -2.37. The number of carbonyl (C=O) groups excluding carboxylic acids is 2. The van der Waals surface area contributed by atoms with Crippen molar-refractivity contribution in [1.29, 1.82) is 0 Å². The molecule has 0 radical (unpaired) electrons. The summed E-state index contributed by atoms with van der Waals surface area (Å²) in [6.45, 7) is 1.38. The maximum Gasteiger partial charge on any atom is 0.294 e. The Bertz CT molecular complexity index is 1380. The van der Waals surface area contributed by atoms with Crippen LogP contribution in [0.3, 0.4) is 0 Å². The molecule has 0 aliphatic carbocycles. The van der Waals surface area contributed by atoms with Gasteiger partial charge in [0.1, 0.15) is 5.75 Å². The molecule has 3 aromatic rings. The first kappa shape index (κ1) is 24.2. The normalized spacial score (nSPS) is 18.2. The zero-order chi connectivity index (χ0) is 25.3. The molecule has 2 aliphatic rings. The van der Waals surface area contributed by atoms with Crippen molar-refractivity contribution < 1.29 is 27.5 Å². The summed E-state index contributed by atoms with van der Waals surface area (Å²) in [6.07, 6.45) is 2.18. The van der Waals surface area contributed by atoms with Gasteiger partial charge in [0, 0.05) is 36.4 Å². The summed E-state index contributed by atoms with van der Waals surface area (Å²) in [4.78, 5) is 27.0. The number of fused-ring (bicyclic) bond motifs is 1. The average molecular weight is 506 g/mol. The van der Waals surface area contributed by atoms with Crippen molar-refractivity contribution in [3.8, 4) is 16.9 Å². The SMILES string of the molecule is CS(=O)(=O)c1ccc(-c2ccc3c(c2)COC(C2CCN(C(=O)C(=O)c4ccccc4)CC2)O3)cc1. The minimum absolute atomic E-state index is 0.122. The number of likely N-dealkylation sites (tertiary alicyclic amines) is 1. The Morgan fingerprint density at radius 2 is 1.56 bits per heavy atom. The predicted molar refractivity (Wildman–Crippen MR) is 134 cm³/mol. The summed E-state index contributed by atoms with van der Waals surface area (Å²) >= 11 is 0. The Morgan fingerprint density at radius 3 is 2.22 bits per heavy atom. The highest BCUT2D eigenvalue weighted by atomic mass is 32.2. The zero-order valence-corrected chi connectivity index (χ0v) is 20.7. The van der Waals surface area contributed by atoms with E-state index in [9.17, 15) is 18.0 Å². The van der Waals surface area contributed by atoms with Crippen LogP contribution in [0, 0.1) is 5.92 Å². The fourth-order valence-electron chi connectivity index (χ4n) is 4.68. The van der Waals surface area contributed by atoms with Gasteiger partial charge in [-0.3, -0.25) is 9.59 Å². The number of ether oxygens (including phenoxy) is 2. The number of piperidine rings is 1. The van der Waals surface area contributed by atoms with Gasteiger partial charge in [-0.1, -0.05) is 48.5 Å². The second-order valence-electron chi connectivity index (χ2n) is 9.24. The van der Waals surface area contributed by atoms with Crippen LogP contribution >= 0.6 is 0 Å². The molecule has 2 aliphatic heterocycles. The summed E-state index contributed by atoms with van der Waals surface area (Å²) < 4.78 is 35.6. The van der Waals surface area contributed by atoms with Gasteiger partial charge < -0.3 is 14.4 Å². The largest absolute Gasteiger partial charge is 0.464 e. The Morgan fingerprint density at radius 1 is 0.889 bits per heavy atom. The van der Waals surface area contributed by atoms with Crippen LogP contribution in [-0.4, -0.2) is 50.6 Å². The standard InChI is InChI=1S/C28H27NO6S/c1-36(32,33)24-10-7-19(8-11-24)22-9-12-25-23(17-22)18-34-28(35-25)21-13-15-29(16-14-21)27(31)26(30)20-5-3-2-4-6-20/h2-12,17,21,28H,13-16,18H2,1H3. The highest BCUT2D eigenvalue weighted by molar-refractivity contribution is 7.90. The minimum atomic E-state index is -3.24. The van der Waals surface area contributed by atoms with Crippen LogP contribution in [0.5, 0.6) is 5.75 Å². The number of rotatable bonds is 5. The molecule has 186 valence electrons. The first-order valence-corrected chi connectivity index (χ1v) is 13.8. The van der Waals surface area contributed by atoms with E-state index < -0.39 is 27.8 Å². The number of amides is 1. The van der Waals surface area contributed by atoms with Gasteiger partial charge in [-0.2, -0.15) is 0 Å². The van der Waals surface area contributed by atoms with Gasteiger partial charge in [0.15, 0.2) is 9.84 Å². The van der Waals surface area contributed by atoms with Gasteiger partial charge in [-0.25, -0.2) is 8.42 Å². The van der Waals surface area contributed by atoms with E-state index in [1.807, 2.05) is 24.3 Å². The Hall–Kier alpha value is -3.49. The third-order valence-electron chi connectivity index (χ3n) is 6.76. The highest BCUT2D eigenvalue weighted by Crippen LogP contribution is 2.35. The van der Waals surface area contributed by atoms with E-state index >= 15 is 0 Å². The maximum absolute atomic E-state index is 12.6. The molecule has 1 amide bonds. The van der Waals surface area contributed by atoms with Gasteiger partial charge in [-0.05, 0) is 48.2 Å². The average Bonchev–Trinajstić information content (AvgIpc) is 2.92. The molecule has 5 rings (SSSR count). The first-order valence-electron chi connectivity index (χ1n) is 11.9. The van der Waals surface area contributed by atoms with Crippen LogP contribution in [0.15, 0.2) is 77.7 Å². The Kier molecular flexibility index (Phi) is 6.64. The first-order chi connectivity index (χ1) is 17.3. The number of hydrogen-bond donors (Lipinski definition) is 0. The van der Waals surface area contributed by atoms with E-state index in [1.54, 1.807) is 53.4 Å². The van der Waals surface area contributed by atoms with Gasteiger partial charge in [0.05, 0.1) is 11.5 Å². The summed E-state index contributed by atoms with van der Waals surface area (Å²) in [5, 5.41) is 0. The molecule has 3 aromatic carbocycles. The lowest BCUT2D eigenvalue weighted by atomic mass is 9.94. The number of ketones is 1. The van der Waals surface area contributed by atoms with E-state index in [0.29, 0.717) is 38.1 Å². The molecule has 0 aromatic heterocycles. The van der Waals surface area contributed by atoms with Crippen LogP contribution < -0.4 is 4.74 Å². The summed E-state index contributed by atoms with van der Waals surface area (Å²) in [5.41, 5.74) is 3.20. The molecule has 2 heterocycles. The third-order valence-corrected chi connectivity index (χ3v) is 7.89. The van der Waals surface area contributed by atoms with Crippen molar-refractivity contribution in [3.63, 3.8) is 0 Å².